The second-order valence-electron chi connectivity index (χ2n) is 8.22. The maximum Gasteiger partial charge on any atom is 0.221 e. The number of nitrogens with one attached hydrogen (secondary N) is 3. The van der Waals surface area contributed by atoms with Gasteiger partial charge in [0.05, 0.1) is 0 Å². The number of rotatable bonds is 10. The molecule has 3 N–H and O–H groups in total. The van der Waals surface area contributed by atoms with Gasteiger partial charge in [-0.3, -0.25) is 9.79 Å². The van der Waals surface area contributed by atoms with Crippen LogP contribution < -0.4 is 16.0 Å². The number of guanidine groups is 1. The minimum absolute atomic E-state index is 0. The molecule has 7 heteroatoms. The molecule has 0 spiro atoms. The Balaban J connectivity index is 0.00000392. The average molecular weight is 508 g/mol. The number of carbonyl (C=O) groups is 1. The zero-order valence-electron chi connectivity index (χ0n) is 17.9. The van der Waals surface area contributed by atoms with Crippen LogP contribution in [-0.2, 0) is 9.53 Å². The summed E-state index contributed by atoms with van der Waals surface area (Å²) in [5, 5.41) is 9.82. The minimum atomic E-state index is 0. The molecule has 1 amide bonds. The van der Waals surface area contributed by atoms with E-state index in [0.717, 1.165) is 44.9 Å². The average Bonchev–Trinajstić information content (AvgIpc) is 3.14. The number of nitrogens with zero attached hydrogens (tertiary/aromatic N) is 1. The summed E-state index contributed by atoms with van der Waals surface area (Å²) in [6.45, 7) is 5.16. The Bertz CT molecular complexity index is 461. The van der Waals surface area contributed by atoms with Crippen molar-refractivity contribution in [1.29, 1.82) is 0 Å². The quantitative estimate of drug-likeness (QED) is 0.240. The number of hydrogen-bond donors (Lipinski definition) is 3. The van der Waals surface area contributed by atoms with Gasteiger partial charge in [-0.2, -0.15) is 0 Å². The summed E-state index contributed by atoms with van der Waals surface area (Å²) in [6, 6.07) is 0.385. The lowest BCUT2D eigenvalue weighted by molar-refractivity contribution is -0.121. The van der Waals surface area contributed by atoms with Crippen molar-refractivity contribution < 1.29 is 9.53 Å². The van der Waals surface area contributed by atoms with E-state index in [1.165, 1.54) is 44.9 Å². The number of amides is 1. The summed E-state index contributed by atoms with van der Waals surface area (Å²) in [4.78, 5) is 17.0. The van der Waals surface area contributed by atoms with E-state index < -0.39 is 0 Å². The van der Waals surface area contributed by atoms with Crippen molar-refractivity contribution in [3.05, 3.63) is 0 Å². The molecule has 0 saturated heterocycles. The molecule has 0 bridgehead atoms. The predicted molar refractivity (Wildman–Crippen MR) is 126 cm³/mol. The van der Waals surface area contributed by atoms with Crippen LogP contribution in [0, 0.1) is 5.41 Å². The zero-order valence-corrected chi connectivity index (χ0v) is 20.2. The molecular formula is C21H41IN4O2. The highest BCUT2D eigenvalue weighted by atomic mass is 127. The zero-order chi connectivity index (χ0) is 19.4. The molecule has 0 heterocycles. The first-order valence-corrected chi connectivity index (χ1v) is 11.0. The molecule has 0 aliphatic heterocycles. The minimum Gasteiger partial charge on any atom is -0.385 e. The number of ether oxygens (including phenoxy) is 1. The van der Waals surface area contributed by atoms with Crippen LogP contribution in [0.4, 0.5) is 0 Å². The fourth-order valence-corrected chi connectivity index (χ4v) is 4.36. The molecular weight excluding hydrogens is 467 g/mol. The first-order chi connectivity index (χ1) is 13.2. The number of aliphatic imine (C=N–C) groups is 1. The molecule has 164 valence electrons. The lowest BCUT2D eigenvalue weighted by Gasteiger charge is -2.27. The summed E-state index contributed by atoms with van der Waals surface area (Å²) in [5.74, 6) is 0.976. The van der Waals surface area contributed by atoms with Crippen LogP contribution in [0.5, 0.6) is 0 Å². The summed E-state index contributed by atoms with van der Waals surface area (Å²) < 4.78 is 5.31. The first kappa shape index (κ1) is 25.5. The van der Waals surface area contributed by atoms with Crippen LogP contribution in [-0.4, -0.2) is 51.3 Å². The molecule has 0 atom stereocenters. The van der Waals surface area contributed by atoms with Gasteiger partial charge in [-0.05, 0) is 44.4 Å². The number of carbonyl (C=O) groups excluding carboxylic acids is 1. The monoisotopic (exact) mass is 508 g/mol. The molecule has 6 nitrogen and oxygen atoms in total. The molecule has 0 aromatic heterocycles. The van der Waals surface area contributed by atoms with Crippen molar-refractivity contribution in [2.45, 2.75) is 83.6 Å². The van der Waals surface area contributed by atoms with E-state index >= 15 is 0 Å². The lowest BCUT2D eigenvalue weighted by atomic mass is 9.83. The van der Waals surface area contributed by atoms with Gasteiger partial charge < -0.3 is 20.7 Å². The Morgan fingerprint density at radius 3 is 2.46 bits per heavy atom. The van der Waals surface area contributed by atoms with Gasteiger partial charge in [0, 0.05) is 45.8 Å². The molecule has 2 aliphatic rings. The van der Waals surface area contributed by atoms with Crippen LogP contribution in [0.3, 0.4) is 0 Å². The van der Waals surface area contributed by atoms with E-state index in [2.05, 4.69) is 22.9 Å². The van der Waals surface area contributed by atoms with E-state index in [-0.39, 0.29) is 35.3 Å². The van der Waals surface area contributed by atoms with Gasteiger partial charge in [0.2, 0.25) is 5.91 Å². The largest absolute Gasteiger partial charge is 0.385 e. The van der Waals surface area contributed by atoms with Crippen LogP contribution >= 0.6 is 24.0 Å². The van der Waals surface area contributed by atoms with Crippen molar-refractivity contribution in [2.24, 2.45) is 10.4 Å². The highest BCUT2D eigenvalue weighted by Crippen LogP contribution is 2.41. The van der Waals surface area contributed by atoms with Crippen molar-refractivity contribution in [3.63, 3.8) is 0 Å². The van der Waals surface area contributed by atoms with Crippen molar-refractivity contribution in [3.8, 4) is 0 Å². The number of hydrogen-bond acceptors (Lipinski definition) is 3. The third-order valence-corrected chi connectivity index (χ3v) is 6.03. The highest BCUT2D eigenvalue weighted by molar-refractivity contribution is 14.0. The normalized spacial score (nSPS) is 19.7. The summed E-state index contributed by atoms with van der Waals surface area (Å²) in [6.07, 6.45) is 12.7. The SMILES string of the molecule is CCNC(=NCC1(CCOC)CCCC1)NCCC(=O)NC1CCCCC1.I. The van der Waals surface area contributed by atoms with Gasteiger partial charge in [-0.25, -0.2) is 0 Å². The Kier molecular flexibility index (Phi) is 13.1. The third kappa shape index (κ3) is 9.29. The molecule has 2 fully saturated rings. The lowest BCUT2D eigenvalue weighted by Crippen LogP contribution is -2.41. The van der Waals surface area contributed by atoms with E-state index in [9.17, 15) is 4.79 Å². The standard InChI is InChI=1S/C21H40N4O2.HI/c1-3-22-20(24-17-21(14-16-27-2)12-7-8-13-21)23-15-11-19(26)25-18-9-5-4-6-10-18;/h18H,3-17H2,1-2H3,(H,25,26)(H2,22,23,24);1H. The van der Waals surface area contributed by atoms with Gasteiger partial charge in [0.15, 0.2) is 5.96 Å². The summed E-state index contributed by atoms with van der Waals surface area (Å²) >= 11 is 0. The maximum absolute atomic E-state index is 12.2. The van der Waals surface area contributed by atoms with Crippen LogP contribution in [0.2, 0.25) is 0 Å². The van der Waals surface area contributed by atoms with Crippen LogP contribution in [0.1, 0.15) is 77.6 Å². The van der Waals surface area contributed by atoms with E-state index in [0.29, 0.717) is 19.0 Å². The Morgan fingerprint density at radius 1 is 1.11 bits per heavy atom. The topological polar surface area (TPSA) is 74.8 Å². The van der Waals surface area contributed by atoms with Gasteiger partial charge in [0.25, 0.3) is 0 Å². The fourth-order valence-electron chi connectivity index (χ4n) is 4.36. The molecule has 28 heavy (non-hydrogen) atoms. The Labute approximate surface area is 188 Å². The smallest absolute Gasteiger partial charge is 0.221 e. The van der Waals surface area contributed by atoms with Crippen molar-refractivity contribution in [2.75, 3.05) is 33.4 Å². The van der Waals surface area contributed by atoms with Crippen molar-refractivity contribution in [1.82, 2.24) is 16.0 Å². The Morgan fingerprint density at radius 2 is 1.82 bits per heavy atom. The van der Waals surface area contributed by atoms with Crippen LogP contribution in [0.15, 0.2) is 4.99 Å². The number of halogens is 1. The van der Waals surface area contributed by atoms with Gasteiger partial charge >= 0.3 is 0 Å². The Hall–Kier alpha value is -0.570. The fraction of sp³-hybridized carbons (Fsp3) is 0.905. The van der Waals surface area contributed by atoms with Gasteiger partial charge in [0.1, 0.15) is 0 Å². The van der Waals surface area contributed by atoms with E-state index in [4.69, 9.17) is 9.73 Å². The van der Waals surface area contributed by atoms with E-state index in [1.54, 1.807) is 7.11 Å². The molecule has 2 aliphatic carbocycles. The highest BCUT2D eigenvalue weighted by Gasteiger charge is 2.33. The van der Waals surface area contributed by atoms with E-state index in [1.807, 2.05) is 0 Å². The summed E-state index contributed by atoms with van der Waals surface area (Å²) in [5.41, 5.74) is 0.288. The van der Waals surface area contributed by atoms with Crippen molar-refractivity contribution >= 4 is 35.8 Å². The second kappa shape index (κ2) is 14.4. The predicted octanol–water partition coefficient (Wildman–Crippen LogP) is 3.60. The molecule has 0 radical (unpaired) electrons. The third-order valence-electron chi connectivity index (χ3n) is 6.03. The molecule has 2 rings (SSSR count). The van der Waals surface area contributed by atoms with Crippen LogP contribution in [0.25, 0.3) is 0 Å². The second-order valence-corrected chi connectivity index (χ2v) is 8.22. The summed E-state index contributed by atoms with van der Waals surface area (Å²) in [7, 11) is 1.77. The molecule has 2 saturated carbocycles. The number of methoxy groups -OCH3 is 1. The van der Waals surface area contributed by atoms with Gasteiger partial charge in [-0.1, -0.05) is 32.1 Å². The molecule has 0 aromatic rings. The first-order valence-electron chi connectivity index (χ1n) is 11.0. The van der Waals surface area contributed by atoms with Gasteiger partial charge in [-0.15, -0.1) is 24.0 Å². The maximum atomic E-state index is 12.2. The molecule has 0 aromatic carbocycles. The molecule has 0 unspecified atom stereocenters.